The third kappa shape index (κ3) is 5.85. The van der Waals surface area contributed by atoms with Crippen molar-refractivity contribution >= 4 is 16.0 Å². The van der Waals surface area contributed by atoms with Gasteiger partial charge in [-0.3, -0.25) is 0 Å². The molecule has 0 amide bonds. The number of halogens is 1. The average Bonchev–Trinajstić information content (AvgIpc) is 2.77. The Morgan fingerprint density at radius 1 is 1.06 bits per heavy atom. The average molecular weight is 466 g/mol. The van der Waals surface area contributed by atoms with Crippen LogP contribution in [-0.2, 0) is 24.9 Å². The molecule has 2 aromatic rings. The molecule has 9 heteroatoms. The van der Waals surface area contributed by atoms with Crippen LogP contribution in [0.3, 0.4) is 0 Å². The number of carbonyl (C=O) groups excluding carboxylic acids is 1. The first-order chi connectivity index (χ1) is 15.1. The SMILES string of the molecule is CC(C)(C)c1ccc(OCCOC(=O)c2cc(S(=O)(=O)N3CCOCC3)ccc2F)cc1. The number of benzene rings is 2. The quantitative estimate of drug-likeness (QED) is 0.461. The highest BCUT2D eigenvalue weighted by Gasteiger charge is 2.28. The lowest BCUT2D eigenvalue weighted by Crippen LogP contribution is -2.40. The summed E-state index contributed by atoms with van der Waals surface area (Å²) in [7, 11) is -3.86. The van der Waals surface area contributed by atoms with E-state index in [1.165, 1.54) is 9.87 Å². The van der Waals surface area contributed by atoms with Crippen molar-refractivity contribution in [3.63, 3.8) is 0 Å². The van der Waals surface area contributed by atoms with E-state index in [1.807, 2.05) is 24.3 Å². The lowest BCUT2D eigenvalue weighted by atomic mass is 9.87. The minimum Gasteiger partial charge on any atom is -0.490 e. The molecule has 0 aromatic heterocycles. The normalized spacial score (nSPS) is 15.4. The first-order valence-electron chi connectivity index (χ1n) is 10.4. The van der Waals surface area contributed by atoms with Crippen molar-refractivity contribution in [2.45, 2.75) is 31.1 Å². The van der Waals surface area contributed by atoms with Crippen molar-refractivity contribution in [2.75, 3.05) is 39.5 Å². The molecule has 0 unspecified atom stereocenters. The second-order valence-corrected chi connectivity index (χ2v) is 10.4. The largest absolute Gasteiger partial charge is 0.490 e. The van der Waals surface area contributed by atoms with Gasteiger partial charge in [0.15, 0.2) is 0 Å². The summed E-state index contributed by atoms with van der Waals surface area (Å²) >= 11 is 0. The number of hydrogen-bond donors (Lipinski definition) is 0. The lowest BCUT2D eigenvalue weighted by molar-refractivity contribution is 0.0444. The summed E-state index contributed by atoms with van der Waals surface area (Å²) in [6, 6.07) is 10.7. The molecule has 0 atom stereocenters. The fourth-order valence-corrected chi connectivity index (χ4v) is 4.61. The van der Waals surface area contributed by atoms with Crippen LogP contribution in [0.2, 0.25) is 0 Å². The predicted molar refractivity (Wildman–Crippen MR) is 117 cm³/mol. The molecule has 1 saturated heterocycles. The number of carbonyl (C=O) groups is 1. The molecule has 7 nitrogen and oxygen atoms in total. The second kappa shape index (κ2) is 9.97. The van der Waals surface area contributed by atoms with E-state index in [2.05, 4.69) is 20.8 Å². The standard InChI is InChI=1S/C23H28FNO6S/c1-23(2,3)17-4-6-18(7-5-17)30-14-15-31-22(26)20-16-19(8-9-21(20)24)32(27,28)25-10-12-29-13-11-25/h4-9,16H,10-15H2,1-3H3. The van der Waals surface area contributed by atoms with E-state index >= 15 is 0 Å². The van der Waals surface area contributed by atoms with Crippen LogP contribution in [0.15, 0.2) is 47.4 Å². The molecule has 0 bridgehead atoms. The number of nitrogens with zero attached hydrogens (tertiary/aromatic N) is 1. The summed E-state index contributed by atoms with van der Waals surface area (Å²) in [6.45, 7) is 7.28. The van der Waals surface area contributed by atoms with Crippen LogP contribution < -0.4 is 4.74 Å². The molecule has 1 aliphatic heterocycles. The molecule has 1 fully saturated rings. The minimum absolute atomic E-state index is 0.0297. The van der Waals surface area contributed by atoms with Gasteiger partial charge in [0, 0.05) is 13.1 Å². The zero-order valence-corrected chi connectivity index (χ0v) is 19.3. The maximum atomic E-state index is 14.2. The van der Waals surface area contributed by atoms with Crippen molar-refractivity contribution in [1.29, 1.82) is 0 Å². The first-order valence-corrected chi connectivity index (χ1v) is 11.8. The van der Waals surface area contributed by atoms with Crippen LogP contribution in [0.5, 0.6) is 5.75 Å². The molecule has 0 aliphatic carbocycles. The number of sulfonamides is 1. The highest BCUT2D eigenvalue weighted by atomic mass is 32.2. The summed E-state index contributed by atoms with van der Waals surface area (Å²) in [5.41, 5.74) is 0.759. The first kappa shape index (κ1) is 24.2. The van der Waals surface area contributed by atoms with E-state index in [-0.39, 0.29) is 49.8 Å². The van der Waals surface area contributed by atoms with Gasteiger partial charge in [-0.25, -0.2) is 17.6 Å². The molecule has 0 N–H and O–H groups in total. The van der Waals surface area contributed by atoms with Crippen molar-refractivity contribution in [3.05, 3.63) is 59.4 Å². The fourth-order valence-electron chi connectivity index (χ4n) is 3.18. The van der Waals surface area contributed by atoms with Crippen molar-refractivity contribution in [1.82, 2.24) is 4.31 Å². The molecular formula is C23H28FNO6S. The minimum atomic E-state index is -3.86. The summed E-state index contributed by atoms with van der Waals surface area (Å²) < 4.78 is 56.8. The Hall–Kier alpha value is -2.49. The molecule has 0 radical (unpaired) electrons. The second-order valence-electron chi connectivity index (χ2n) is 8.42. The molecule has 1 heterocycles. The Kier molecular flexibility index (Phi) is 7.53. The van der Waals surface area contributed by atoms with E-state index < -0.39 is 27.4 Å². The number of hydrogen-bond acceptors (Lipinski definition) is 6. The molecule has 32 heavy (non-hydrogen) atoms. The molecule has 174 valence electrons. The maximum absolute atomic E-state index is 14.2. The van der Waals surface area contributed by atoms with Crippen LogP contribution in [0.1, 0.15) is 36.7 Å². The number of rotatable bonds is 7. The zero-order chi connectivity index (χ0) is 23.4. The van der Waals surface area contributed by atoms with Crippen LogP contribution in [0, 0.1) is 5.82 Å². The predicted octanol–water partition coefficient (Wildman–Crippen LogP) is 3.38. The Morgan fingerprint density at radius 2 is 1.72 bits per heavy atom. The third-order valence-corrected chi connectivity index (χ3v) is 6.97. The van der Waals surface area contributed by atoms with Crippen molar-refractivity contribution in [3.8, 4) is 5.75 Å². The van der Waals surface area contributed by atoms with E-state index in [9.17, 15) is 17.6 Å². The van der Waals surface area contributed by atoms with E-state index in [0.717, 1.165) is 18.2 Å². The zero-order valence-electron chi connectivity index (χ0n) is 18.5. The maximum Gasteiger partial charge on any atom is 0.341 e. The Morgan fingerprint density at radius 3 is 2.34 bits per heavy atom. The number of ether oxygens (including phenoxy) is 3. The summed E-state index contributed by atoms with van der Waals surface area (Å²) in [5.74, 6) is -1.18. The van der Waals surface area contributed by atoms with Crippen LogP contribution in [0.25, 0.3) is 0 Å². The van der Waals surface area contributed by atoms with Crippen molar-refractivity contribution < 1.29 is 31.8 Å². The Bertz CT molecular complexity index is 1040. The van der Waals surface area contributed by atoms with Gasteiger partial charge in [-0.1, -0.05) is 32.9 Å². The van der Waals surface area contributed by atoms with Gasteiger partial charge in [-0.2, -0.15) is 4.31 Å². The van der Waals surface area contributed by atoms with Crippen molar-refractivity contribution in [2.24, 2.45) is 0 Å². The van der Waals surface area contributed by atoms with Crippen LogP contribution in [-0.4, -0.2) is 58.2 Å². The summed E-state index contributed by atoms with van der Waals surface area (Å²) in [5, 5.41) is 0. The Labute approximate surface area is 188 Å². The monoisotopic (exact) mass is 465 g/mol. The van der Waals surface area contributed by atoms with Gasteiger partial charge in [0.1, 0.15) is 24.8 Å². The number of morpholine rings is 1. The van der Waals surface area contributed by atoms with Crippen LogP contribution in [0.4, 0.5) is 4.39 Å². The van der Waals surface area contributed by atoms with Gasteiger partial charge in [-0.05, 0) is 41.3 Å². The third-order valence-electron chi connectivity index (χ3n) is 5.07. The Balaban J connectivity index is 1.58. The molecule has 1 aliphatic rings. The van der Waals surface area contributed by atoms with E-state index in [0.29, 0.717) is 5.75 Å². The van der Waals surface area contributed by atoms with Gasteiger partial charge in [0.25, 0.3) is 0 Å². The van der Waals surface area contributed by atoms with Crippen LogP contribution >= 0.6 is 0 Å². The number of esters is 1. The lowest BCUT2D eigenvalue weighted by Gasteiger charge is -2.26. The highest BCUT2D eigenvalue weighted by Crippen LogP contribution is 2.24. The van der Waals surface area contributed by atoms with Gasteiger partial charge < -0.3 is 14.2 Å². The van der Waals surface area contributed by atoms with E-state index in [4.69, 9.17) is 14.2 Å². The molecular weight excluding hydrogens is 437 g/mol. The van der Waals surface area contributed by atoms with E-state index in [1.54, 1.807) is 0 Å². The van der Waals surface area contributed by atoms with Gasteiger partial charge in [0.05, 0.1) is 23.7 Å². The van der Waals surface area contributed by atoms with Gasteiger partial charge in [0.2, 0.25) is 10.0 Å². The fraction of sp³-hybridized carbons (Fsp3) is 0.435. The molecule has 0 saturated carbocycles. The topological polar surface area (TPSA) is 82.1 Å². The summed E-state index contributed by atoms with van der Waals surface area (Å²) in [6.07, 6.45) is 0. The molecule has 3 rings (SSSR count). The smallest absolute Gasteiger partial charge is 0.341 e. The summed E-state index contributed by atoms with van der Waals surface area (Å²) in [4.78, 5) is 12.2. The highest BCUT2D eigenvalue weighted by molar-refractivity contribution is 7.89. The molecule has 2 aromatic carbocycles. The van der Waals surface area contributed by atoms with Gasteiger partial charge in [-0.15, -0.1) is 0 Å². The van der Waals surface area contributed by atoms with Gasteiger partial charge >= 0.3 is 5.97 Å². The molecule has 0 spiro atoms.